The van der Waals surface area contributed by atoms with Gasteiger partial charge in [0.2, 0.25) is 11.1 Å². The van der Waals surface area contributed by atoms with E-state index in [9.17, 15) is 13.6 Å². The maximum Gasteiger partial charge on any atom is 0.237 e. The second-order valence-corrected chi connectivity index (χ2v) is 7.20. The van der Waals surface area contributed by atoms with Crippen molar-refractivity contribution in [3.8, 4) is 11.4 Å². The van der Waals surface area contributed by atoms with Crippen molar-refractivity contribution in [2.45, 2.75) is 24.3 Å². The number of amides is 1. The number of halogens is 2. The van der Waals surface area contributed by atoms with E-state index < -0.39 is 28.5 Å². The van der Waals surface area contributed by atoms with Gasteiger partial charge in [-0.25, -0.2) is 8.78 Å². The summed E-state index contributed by atoms with van der Waals surface area (Å²) in [6.45, 7) is 3.50. The monoisotopic (exact) mass is 405 g/mol. The number of ether oxygens (including phenoxy) is 1. The highest BCUT2D eigenvalue weighted by molar-refractivity contribution is 8.00. The van der Waals surface area contributed by atoms with Gasteiger partial charge in [-0.2, -0.15) is 4.68 Å². The zero-order valence-electron chi connectivity index (χ0n) is 15.3. The van der Waals surface area contributed by atoms with Gasteiger partial charge in [0.1, 0.15) is 28.8 Å². The largest absolute Gasteiger partial charge is 0.494 e. The van der Waals surface area contributed by atoms with Crippen molar-refractivity contribution in [1.29, 1.82) is 0 Å². The Morgan fingerprint density at radius 1 is 1.25 bits per heavy atom. The smallest absolute Gasteiger partial charge is 0.237 e. The Morgan fingerprint density at radius 2 is 1.96 bits per heavy atom. The number of hydrogen-bond acceptors (Lipinski definition) is 6. The molecular formula is C18H17F2N5O2S. The average Bonchev–Trinajstić information content (AvgIpc) is 3.12. The fourth-order valence-corrected chi connectivity index (χ4v) is 3.22. The first-order valence-corrected chi connectivity index (χ1v) is 9.13. The van der Waals surface area contributed by atoms with Crippen molar-refractivity contribution in [2.24, 2.45) is 0 Å². The van der Waals surface area contributed by atoms with Crippen LogP contribution in [0.15, 0.2) is 41.6 Å². The minimum absolute atomic E-state index is 0.334. The second kappa shape index (κ2) is 8.34. The Morgan fingerprint density at radius 3 is 2.64 bits per heavy atom. The van der Waals surface area contributed by atoms with E-state index in [1.54, 1.807) is 13.0 Å². The van der Waals surface area contributed by atoms with Gasteiger partial charge >= 0.3 is 0 Å². The van der Waals surface area contributed by atoms with Gasteiger partial charge in [-0.3, -0.25) is 4.79 Å². The Kier molecular flexibility index (Phi) is 5.88. The highest BCUT2D eigenvalue weighted by Gasteiger charge is 2.22. The van der Waals surface area contributed by atoms with Gasteiger partial charge in [0.05, 0.1) is 12.4 Å². The summed E-state index contributed by atoms with van der Waals surface area (Å²) in [7, 11) is 1.53. The molecule has 0 bridgehead atoms. The van der Waals surface area contributed by atoms with Crippen LogP contribution in [0.3, 0.4) is 0 Å². The van der Waals surface area contributed by atoms with Crippen molar-refractivity contribution >= 4 is 23.4 Å². The summed E-state index contributed by atoms with van der Waals surface area (Å²) in [6, 6.07) is 8.89. The molecule has 0 aliphatic rings. The molecule has 1 aromatic heterocycles. The lowest BCUT2D eigenvalue weighted by molar-refractivity contribution is -0.115. The number of carbonyl (C=O) groups excluding carboxylic acids is 1. The summed E-state index contributed by atoms with van der Waals surface area (Å²) in [5.41, 5.74) is 1.10. The maximum atomic E-state index is 13.7. The van der Waals surface area contributed by atoms with Crippen LogP contribution in [0.25, 0.3) is 5.69 Å². The van der Waals surface area contributed by atoms with Gasteiger partial charge in [-0.15, -0.1) is 5.10 Å². The first kappa shape index (κ1) is 19.7. The van der Waals surface area contributed by atoms with E-state index in [4.69, 9.17) is 4.74 Å². The van der Waals surface area contributed by atoms with Crippen LogP contribution >= 0.6 is 11.8 Å². The van der Waals surface area contributed by atoms with Gasteiger partial charge in [-0.1, -0.05) is 23.9 Å². The van der Waals surface area contributed by atoms with Crippen LogP contribution in [0.2, 0.25) is 0 Å². The van der Waals surface area contributed by atoms with Crippen molar-refractivity contribution in [3.63, 3.8) is 0 Å². The molecule has 1 atom stereocenters. The number of rotatable bonds is 6. The molecule has 0 unspecified atom stereocenters. The highest BCUT2D eigenvalue weighted by atomic mass is 32.2. The SMILES string of the molecule is COc1ccc(C)cc1-n1nnnc1S[C@H](C)C(=O)Nc1c(F)cccc1F. The molecule has 10 heteroatoms. The third-order valence-corrected chi connectivity index (χ3v) is 4.90. The average molecular weight is 405 g/mol. The predicted molar refractivity (Wildman–Crippen MR) is 101 cm³/mol. The summed E-state index contributed by atoms with van der Waals surface area (Å²) in [6.07, 6.45) is 0. The van der Waals surface area contributed by atoms with Crippen LogP contribution in [0.1, 0.15) is 12.5 Å². The number of nitrogens with one attached hydrogen (secondary N) is 1. The van der Waals surface area contributed by atoms with Gasteiger partial charge in [0.25, 0.3) is 0 Å². The Bertz CT molecular complexity index is 991. The van der Waals surface area contributed by atoms with E-state index in [1.165, 1.54) is 17.9 Å². The van der Waals surface area contributed by atoms with Crippen LogP contribution in [-0.4, -0.2) is 38.5 Å². The number of thioether (sulfide) groups is 1. The third kappa shape index (κ3) is 4.11. The molecule has 2 aromatic carbocycles. The number of aromatic nitrogens is 4. The molecule has 28 heavy (non-hydrogen) atoms. The van der Waals surface area contributed by atoms with Crippen LogP contribution in [0.5, 0.6) is 5.75 Å². The van der Waals surface area contributed by atoms with Crippen LogP contribution in [0.4, 0.5) is 14.5 Å². The zero-order chi connectivity index (χ0) is 20.3. The minimum Gasteiger partial charge on any atom is -0.494 e. The van der Waals surface area contributed by atoms with Gasteiger partial charge < -0.3 is 10.1 Å². The van der Waals surface area contributed by atoms with Crippen molar-refractivity contribution in [3.05, 3.63) is 53.6 Å². The fraction of sp³-hybridized carbons (Fsp3) is 0.222. The van der Waals surface area contributed by atoms with E-state index in [0.717, 1.165) is 29.5 Å². The van der Waals surface area contributed by atoms with E-state index in [-0.39, 0.29) is 0 Å². The molecule has 3 rings (SSSR count). The Hall–Kier alpha value is -3.01. The lowest BCUT2D eigenvalue weighted by Crippen LogP contribution is -2.24. The molecule has 0 spiro atoms. The van der Waals surface area contributed by atoms with Crippen molar-refractivity contribution in [1.82, 2.24) is 20.2 Å². The van der Waals surface area contributed by atoms with E-state index in [0.29, 0.717) is 16.6 Å². The molecule has 0 saturated heterocycles. The first-order chi connectivity index (χ1) is 13.4. The van der Waals surface area contributed by atoms with E-state index in [1.807, 2.05) is 19.1 Å². The molecule has 0 aliphatic carbocycles. The molecular weight excluding hydrogens is 388 g/mol. The summed E-state index contributed by atoms with van der Waals surface area (Å²) in [5.74, 6) is -1.72. The lowest BCUT2D eigenvalue weighted by Gasteiger charge is -2.14. The molecule has 3 aromatic rings. The molecule has 7 nitrogen and oxygen atoms in total. The first-order valence-electron chi connectivity index (χ1n) is 8.25. The number of tetrazole rings is 1. The lowest BCUT2D eigenvalue weighted by atomic mass is 10.2. The predicted octanol–water partition coefficient (Wildman–Crippen LogP) is 3.38. The van der Waals surface area contributed by atoms with Crippen LogP contribution in [0, 0.1) is 18.6 Å². The molecule has 146 valence electrons. The Balaban J connectivity index is 1.81. The number of nitrogens with zero attached hydrogens (tertiary/aromatic N) is 4. The summed E-state index contributed by atoms with van der Waals surface area (Å²) < 4.78 is 34.3. The molecule has 0 radical (unpaired) electrons. The summed E-state index contributed by atoms with van der Waals surface area (Å²) in [4.78, 5) is 12.4. The summed E-state index contributed by atoms with van der Waals surface area (Å²) >= 11 is 1.05. The topological polar surface area (TPSA) is 81.9 Å². The van der Waals surface area contributed by atoms with Gasteiger partial charge in [-0.05, 0) is 54.1 Å². The van der Waals surface area contributed by atoms with E-state index in [2.05, 4.69) is 20.8 Å². The number of carbonyl (C=O) groups is 1. The number of hydrogen-bond donors (Lipinski definition) is 1. The number of para-hydroxylation sites is 1. The molecule has 1 heterocycles. The Labute approximate surface area is 164 Å². The van der Waals surface area contributed by atoms with E-state index >= 15 is 0 Å². The maximum absolute atomic E-state index is 13.7. The minimum atomic E-state index is -0.847. The normalized spacial score (nSPS) is 11.9. The van der Waals surface area contributed by atoms with Crippen LogP contribution in [-0.2, 0) is 4.79 Å². The quantitative estimate of drug-likeness (QED) is 0.633. The number of anilines is 1. The number of methoxy groups -OCH3 is 1. The number of benzene rings is 2. The standard InChI is InChI=1S/C18H17F2N5O2S/c1-10-7-8-15(27-3)14(9-10)25-18(22-23-24-25)28-11(2)17(26)21-16-12(19)5-4-6-13(16)20/h4-9,11H,1-3H3,(H,21,26)/t11-/m1/s1. The van der Waals surface area contributed by atoms with Crippen molar-refractivity contribution < 1.29 is 18.3 Å². The highest BCUT2D eigenvalue weighted by Crippen LogP contribution is 2.29. The number of aryl methyl sites for hydroxylation is 1. The fourth-order valence-electron chi connectivity index (χ4n) is 2.42. The molecule has 0 aliphatic heterocycles. The van der Waals surface area contributed by atoms with Crippen molar-refractivity contribution in [2.75, 3.05) is 12.4 Å². The molecule has 0 fully saturated rings. The molecule has 1 amide bonds. The molecule has 0 saturated carbocycles. The third-order valence-electron chi connectivity index (χ3n) is 3.87. The zero-order valence-corrected chi connectivity index (χ0v) is 16.1. The summed E-state index contributed by atoms with van der Waals surface area (Å²) in [5, 5.41) is 13.5. The second-order valence-electron chi connectivity index (χ2n) is 5.89. The van der Waals surface area contributed by atoms with Gasteiger partial charge in [0.15, 0.2) is 0 Å². The van der Waals surface area contributed by atoms with Gasteiger partial charge in [0, 0.05) is 0 Å². The van der Waals surface area contributed by atoms with Crippen LogP contribution < -0.4 is 10.1 Å². The molecule has 1 N–H and O–H groups in total.